The van der Waals surface area contributed by atoms with Crippen LogP contribution in [0.1, 0.15) is 42.9 Å². The summed E-state index contributed by atoms with van der Waals surface area (Å²) in [7, 11) is 0. The second-order valence-corrected chi connectivity index (χ2v) is 6.44. The predicted octanol–water partition coefficient (Wildman–Crippen LogP) is 2.55. The molecule has 1 atom stereocenters. The molecule has 1 unspecified atom stereocenters. The van der Waals surface area contributed by atoms with Crippen LogP contribution in [0.15, 0.2) is 35.1 Å². The molecule has 6 nitrogen and oxygen atoms in total. The van der Waals surface area contributed by atoms with Gasteiger partial charge in [0.2, 0.25) is 0 Å². The van der Waals surface area contributed by atoms with E-state index in [1.165, 1.54) is 6.07 Å². The maximum atomic E-state index is 11.6. The number of nitriles is 1. The van der Waals surface area contributed by atoms with Crippen molar-refractivity contribution in [2.45, 2.75) is 38.8 Å². The molecule has 0 spiro atoms. The minimum Gasteiger partial charge on any atom is -0.490 e. The number of hydrogen-bond acceptors (Lipinski definition) is 5. The molecule has 1 N–H and O–H groups in total. The maximum absolute atomic E-state index is 11.6. The van der Waals surface area contributed by atoms with Crippen LogP contribution in [-0.4, -0.2) is 34.1 Å². The van der Waals surface area contributed by atoms with Gasteiger partial charge in [0.25, 0.3) is 5.56 Å². The molecule has 1 aromatic carbocycles. The molecule has 2 heterocycles. The Morgan fingerprint density at radius 3 is 2.80 bits per heavy atom. The number of piperidine rings is 1. The van der Waals surface area contributed by atoms with Crippen LogP contribution in [0, 0.1) is 18.3 Å². The third-order valence-electron chi connectivity index (χ3n) is 4.57. The zero-order valence-corrected chi connectivity index (χ0v) is 14.5. The van der Waals surface area contributed by atoms with Gasteiger partial charge in [-0.05, 0) is 44.9 Å². The average molecular weight is 338 g/mol. The highest BCUT2D eigenvalue weighted by Gasteiger charge is 2.25. The number of ether oxygens (including phenoxy) is 1. The molecule has 0 bridgehead atoms. The minimum absolute atomic E-state index is 0.0652. The van der Waals surface area contributed by atoms with Crippen molar-refractivity contribution in [2.75, 3.05) is 13.1 Å². The molecule has 1 saturated heterocycles. The third kappa shape index (κ3) is 4.25. The van der Waals surface area contributed by atoms with Crippen molar-refractivity contribution in [1.82, 2.24) is 14.9 Å². The van der Waals surface area contributed by atoms with Crippen molar-refractivity contribution in [3.63, 3.8) is 0 Å². The number of hydrogen-bond donors (Lipinski definition) is 1. The van der Waals surface area contributed by atoms with Crippen LogP contribution in [-0.2, 0) is 0 Å². The molecule has 1 aliphatic rings. The van der Waals surface area contributed by atoms with Crippen LogP contribution in [0.3, 0.4) is 0 Å². The zero-order chi connectivity index (χ0) is 17.8. The van der Waals surface area contributed by atoms with Gasteiger partial charge in [0, 0.05) is 24.8 Å². The van der Waals surface area contributed by atoms with E-state index in [2.05, 4.69) is 27.9 Å². The molecule has 130 valence electrons. The van der Waals surface area contributed by atoms with Gasteiger partial charge in [0.15, 0.2) is 0 Å². The van der Waals surface area contributed by atoms with E-state index in [0.717, 1.165) is 37.4 Å². The summed E-state index contributed by atoms with van der Waals surface area (Å²) < 4.78 is 6.02. The first-order chi connectivity index (χ1) is 12.0. The number of aryl methyl sites for hydroxylation is 1. The Balaban J connectivity index is 1.59. The SMILES string of the molecule is Cc1cc(=O)[nH]c(C(C)N2CCC(Oc3cccc(C#N)c3)CC2)n1. The van der Waals surface area contributed by atoms with Crippen LogP contribution in [0.2, 0.25) is 0 Å². The third-order valence-corrected chi connectivity index (χ3v) is 4.57. The van der Waals surface area contributed by atoms with E-state index in [9.17, 15) is 4.79 Å². The molecule has 0 radical (unpaired) electrons. The van der Waals surface area contributed by atoms with Crippen LogP contribution >= 0.6 is 0 Å². The topological polar surface area (TPSA) is 82.0 Å². The fourth-order valence-electron chi connectivity index (χ4n) is 3.19. The highest BCUT2D eigenvalue weighted by atomic mass is 16.5. The molecule has 0 amide bonds. The van der Waals surface area contributed by atoms with Crippen LogP contribution < -0.4 is 10.3 Å². The van der Waals surface area contributed by atoms with Gasteiger partial charge in [0.1, 0.15) is 17.7 Å². The highest BCUT2D eigenvalue weighted by molar-refractivity contribution is 5.36. The first-order valence-corrected chi connectivity index (χ1v) is 8.54. The number of nitrogens with zero attached hydrogens (tertiary/aromatic N) is 3. The van der Waals surface area contributed by atoms with Crippen molar-refractivity contribution >= 4 is 0 Å². The van der Waals surface area contributed by atoms with E-state index in [0.29, 0.717) is 11.4 Å². The summed E-state index contributed by atoms with van der Waals surface area (Å²) in [6.07, 6.45) is 1.94. The largest absolute Gasteiger partial charge is 0.490 e. The molecule has 2 aromatic rings. The Kier molecular flexibility index (Phi) is 5.15. The Hall–Kier alpha value is -2.65. The molecule has 0 saturated carbocycles. The number of aromatic nitrogens is 2. The second-order valence-electron chi connectivity index (χ2n) is 6.44. The van der Waals surface area contributed by atoms with E-state index < -0.39 is 0 Å². The first-order valence-electron chi connectivity index (χ1n) is 8.54. The van der Waals surface area contributed by atoms with Gasteiger partial charge in [-0.25, -0.2) is 4.98 Å². The van der Waals surface area contributed by atoms with Gasteiger partial charge < -0.3 is 9.72 Å². The summed E-state index contributed by atoms with van der Waals surface area (Å²) in [6.45, 7) is 5.65. The number of likely N-dealkylation sites (tertiary alicyclic amines) is 1. The van der Waals surface area contributed by atoms with Crippen molar-refractivity contribution in [1.29, 1.82) is 5.26 Å². The number of rotatable bonds is 4. The summed E-state index contributed by atoms with van der Waals surface area (Å²) in [4.78, 5) is 21.3. The van der Waals surface area contributed by atoms with E-state index in [-0.39, 0.29) is 17.7 Å². The van der Waals surface area contributed by atoms with Crippen molar-refractivity contribution in [2.24, 2.45) is 0 Å². The summed E-state index contributed by atoms with van der Waals surface area (Å²) in [6, 6.07) is 11.0. The summed E-state index contributed by atoms with van der Waals surface area (Å²) in [5, 5.41) is 8.97. The van der Waals surface area contributed by atoms with Gasteiger partial charge in [-0.15, -0.1) is 0 Å². The van der Waals surface area contributed by atoms with E-state index in [4.69, 9.17) is 10.00 Å². The molecule has 0 aliphatic carbocycles. The number of nitrogens with one attached hydrogen (secondary N) is 1. The minimum atomic E-state index is -0.107. The van der Waals surface area contributed by atoms with Crippen molar-refractivity contribution < 1.29 is 4.74 Å². The highest BCUT2D eigenvalue weighted by Crippen LogP contribution is 2.24. The average Bonchev–Trinajstić information content (AvgIpc) is 2.61. The Bertz CT molecular complexity index is 832. The molecular weight excluding hydrogens is 316 g/mol. The molecule has 25 heavy (non-hydrogen) atoms. The van der Waals surface area contributed by atoms with Crippen molar-refractivity contribution in [3.8, 4) is 11.8 Å². The van der Waals surface area contributed by atoms with Gasteiger partial charge >= 0.3 is 0 Å². The summed E-state index contributed by atoms with van der Waals surface area (Å²) >= 11 is 0. The fourth-order valence-corrected chi connectivity index (χ4v) is 3.19. The standard InChI is InChI=1S/C19H22N4O2/c1-13-10-18(24)22-19(21-13)14(2)23-8-6-16(7-9-23)25-17-5-3-4-15(11-17)12-20/h3-5,10-11,14,16H,6-9H2,1-2H3,(H,21,22,24). The predicted molar refractivity (Wildman–Crippen MR) is 94.4 cm³/mol. The Morgan fingerprint density at radius 1 is 1.36 bits per heavy atom. The molecule has 1 aromatic heterocycles. The van der Waals surface area contributed by atoms with Gasteiger partial charge in [-0.3, -0.25) is 9.69 Å². The first kappa shape index (κ1) is 17.2. The lowest BCUT2D eigenvalue weighted by Gasteiger charge is -2.35. The summed E-state index contributed by atoms with van der Waals surface area (Å²) in [5.74, 6) is 1.46. The molecular formula is C19H22N4O2. The maximum Gasteiger partial charge on any atom is 0.251 e. The lowest BCUT2D eigenvalue weighted by atomic mass is 10.1. The number of aromatic amines is 1. The second kappa shape index (κ2) is 7.49. The van der Waals surface area contributed by atoms with Crippen LogP contribution in [0.5, 0.6) is 5.75 Å². The molecule has 1 aliphatic heterocycles. The Labute approximate surface area is 147 Å². The van der Waals surface area contributed by atoms with Gasteiger partial charge in [-0.2, -0.15) is 5.26 Å². The Morgan fingerprint density at radius 2 is 2.12 bits per heavy atom. The van der Waals surface area contributed by atoms with Gasteiger partial charge in [-0.1, -0.05) is 6.07 Å². The smallest absolute Gasteiger partial charge is 0.251 e. The van der Waals surface area contributed by atoms with Crippen LogP contribution in [0.25, 0.3) is 0 Å². The fraction of sp³-hybridized carbons (Fsp3) is 0.421. The lowest BCUT2D eigenvalue weighted by Crippen LogP contribution is -2.40. The van der Waals surface area contributed by atoms with Crippen LogP contribution in [0.4, 0.5) is 0 Å². The normalized spacial score (nSPS) is 17.0. The number of H-pyrrole nitrogens is 1. The van der Waals surface area contributed by atoms with Crippen molar-refractivity contribution in [3.05, 3.63) is 57.8 Å². The molecule has 1 fully saturated rings. The summed E-state index contributed by atoms with van der Waals surface area (Å²) in [5.41, 5.74) is 1.24. The monoisotopic (exact) mass is 338 g/mol. The molecule has 6 heteroatoms. The van der Waals surface area contributed by atoms with E-state index >= 15 is 0 Å². The van der Waals surface area contributed by atoms with E-state index in [1.807, 2.05) is 19.1 Å². The lowest BCUT2D eigenvalue weighted by molar-refractivity contribution is 0.0773. The van der Waals surface area contributed by atoms with E-state index in [1.54, 1.807) is 12.1 Å². The quantitative estimate of drug-likeness (QED) is 0.926. The van der Waals surface area contributed by atoms with Gasteiger partial charge in [0.05, 0.1) is 17.7 Å². The zero-order valence-electron chi connectivity index (χ0n) is 14.5. The number of benzene rings is 1. The molecule has 3 rings (SSSR count).